The number of nitrogen functional groups attached to an aromatic ring is 1. The second-order valence-corrected chi connectivity index (χ2v) is 4.91. The van der Waals surface area contributed by atoms with E-state index in [4.69, 9.17) is 22.4 Å². The lowest BCUT2D eigenvalue weighted by Gasteiger charge is -2.34. The van der Waals surface area contributed by atoms with Gasteiger partial charge in [-0.25, -0.2) is 4.98 Å². The molecule has 0 bridgehead atoms. The Bertz CT molecular complexity index is 394. The van der Waals surface area contributed by atoms with E-state index in [-0.39, 0.29) is 6.61 Å². The van der Waals surface area contributed by atoms with E-state index in [1.807, 2.05) is 0 Å². The summed E-state index contributed by atoms with van der Waals surface area (Å²) >= 11 is 6.11. The minimum absolute atomic E-state index is 0.225. The van der Waals surface area contributed by atoms with Crippen molar-refractivity contribution in [2.45, 2.75) is 6.54 Å². The van der Waals surface area contributed by atoms with E-state index in [2.05, 4.69) is 14.8 Å². The Labute approximate surface area is 112 Å². The molecule has 1 aromatic rings. The number of β-amino-alcohol motifs (C(OH)–C–C–N with tert-alkyl or cyclic N) is 1. The normalized spacial score (nSPS) is 18.1. The minimum atomic E-state index is 0.225. The van der Waals surface area contributed by atoms with Crippen LogP contribution in [0.15, 0.2) is 12.1 Å². The van der Waals surface area contributed by atoms with E-state index in [0.717, 1.165) is 45.0 Å². The number of anilines is 1. The van der Waals surface area contributed by atoms with E-state index < -0.39 is 0 Å². The second-order valence-electron chi connectivity index (χ2n) is 4.51. The van der Waals surface area contributed by atoms with Gasteiger partial charge in [0.1, 0.15) is 5.82 Å². The van der Waals surface area contributed by atoms with Crippen LogP contribution in [0.25, 0.3) is 0 Å². The highest BCUT2D eigenvalue weighted by Crippen LogP contribution is 2.17. The van der Waals surface area contributed by atoms with E-state index >= 15 is 0 Å². The van der Waals surface area contributed by atoms with E-state index in [9.17, 15) is 0 Å². The molecule has 5 nitrogen and oxygen atoms in total. The number of hydrogen-bond donors (Lipinski definition) is 2. The van der Waals surface area contributed by atoms with Crippen molar-refractivity contribution in [2.75, 3.05) is 45.1 Å². The monoisotopic (exact) mass is 270 g/mol. The van der Waals surface area contributed by atoms with Crippen LogP contribution < -0.4 is 5.73 Å². The van der Waals surface area contributed by atoms with Gasteiger partial charge in [0.15, 0.2) is 0 Å². The number of rotatable bonds is 4. The van der Waals surface area contributed by atoms with Crippen molar-refractivity contribution in [2.24, 2.45) is 0 Å². The molecule has 2 rings (SSSR count). The Balaban J connectivity index is 1.89. The first-order valence-corrected chi connectivity index (χ1v) is 6.53. The third-order valence-corrected chi connectivity index (χ3v) is 3.54. The van der Waals surface area contributed by atoms with E-state index in [0.29, 0.717) is 10.8 Å². The summed E-state index contributed by atoms with van der Waals surface area (Å²) in [5.41, 5.74) is 6.51. The maximum Gasteiger partial charge on any atom is 0.123 e. The van der Waals surface area contributed by atoms with Gasteiger partial charge in [0.25, 0.3) is 0 Å². The van der Waals surface area contributed by atoms with Crippen molar-refractivity contribution < 1.29 is 5.11 Å². The zero-order chi connectivity index (χ0) is 13.0. The highest BCUT2D eigenvalue weighted by atomic mass is 35.5. The first-order valence-electron chi connectivity index (χ1n) is 6.15. The molecule has 6 heteroatoms. The summed E-state index contributed by atoms with van der Waals surface area (Å²) in [6.07, 6.45) is 0. The molecule has 0 spiro atoms. The molecule has 1 fully saturated rings. The van der Waals surface area contributed by atoms with Crippen LogP contribution in [0, 0.1) is 0 Å². The van der Waals surface area contributed by atoms with Gasteiger partial charge in [-0.3, -0.25) is 9.80 Å². The first kappa shape index (κ1) is 13.5. The molecule has 0 aliphatic carbocycles. The number of nitrogens with zero attached hydrogens (tertiary/aromatic N) is 3. The van der Waals surface area contributed by atoms with Gasteiger partial charge in [-0.2, -0.15) is 0 Å². The maximum atomic E-state index is 8.89. The maximum absolute atomic E-state index is 8.89. The molecule has 0 atom stereocenters. The van der Waals surface area contributed by atoms with Crippen molar-refractivity contribution in [3.8, 4) is 0 Å². The van der Waals surface area contributed by atoms with Gasteiger partial charge in [0, 0.05) is 39.3 Å². The fraction of sp³-hybridized carbons (Fsp3) is 0.583. The highest BCUT2D eigenvalue weighted by molar-refractivity contribution is 6.31. The molecule has 2 heterocycles. The lowest BCUT2D eigenvalue weighted by Crippen LogP contribution is -2.46. The number of aliphatic hydroxyl groups excluding tert-OH is 1. The van der Waals surface area contributed by atoms with Gasteiger partial charge in [-0.15, -0.1) is 0 Å². The van der Waals surface area contributed by atoms with Crippen molar-refractivity contribution in [1.29, 1.82) is 0 Å². The number of aromatic nitrogens is 1. The average molecular weight is 271 g/mol. The van der Waals surface area contributed by atoms with Crippen molar-refractivity contribution in [1.82, 2.24) is 14.8 Å². The summed E-state index contributed by atoms with van der Waals surface area (Å²) in [7, 11) is 0. The Morgan fingerprint density at radius 1 is 1.22 bits per heavy atom. The lowest BCUT2D eigenvalue weighted by atomic mass is 10.2. The molecular weight excluding hydrogens is 252 g/mol. The number of halogens is 1. The van der Waals surface area contributed by atoms with Crippen LogP contribution in [0.1, 0.15) is 5.69 Å². The van der Waals surface area contributed by atoms with Crippen LogP contribution in [-0.2, 0) is 6.54 Å². The van der Waals surface area contributed by atoms with Gasteiger partial charge < -0.3 is 10.8 Å². The zero-order valence-corrected chi connectivity index (χ0v) is 11.1. The number of nitrogens with two attached hydrogens (primary N) is 1. The lowest BCUT2D eigenvalue weighted by molar-refractivity contribution is 0.108. The molecule has 1 aliphatic heterocycles. The molecule has 18 heavy (non-hydrogen) atoms. The van der Waals surface area contributed by atoms with E-state index in [1.165, 1.54) is 0 Å². The fourth-order valence-electron chi connectivity index (χ4n) is 2.14. The Morgan fingerprint density at radius 3 is 2.56 bits per heavy atom. The van der Waals surface area contributed by atoms with Crippen LogP contribution >= 0.6 is 11.6 Å². The Hall–Kier alpha value is -0.880. The molecule has 0 radical (unpaired) electrons. The quantitative estimate of drug-likeness (QED) is 0.831. The minimum Gasteiger partial charge on any atom is -0.395 e. The summed E-state index contributed by atoms with van der Waals surface area (Å²) in [4.78, 5) is 8.83. The number of pyridine rings is 1. The third-order valence-electron chi connectivity index (χ3n) is 3.19. The number of hydrogen-bond acceptors (Lipinski definition) is 5. The summed E-state index contributed by atoms with van der Waals surface area (Å²) < 4.78 is 0. The smallest absolute Gasteiger partial charge is 0.123 e. The van der Waals surface area contributed by atoms with Gasteiger partial charge >= 0.3 is 0 Å². The molecule has 0 aromatic carbocycles. The molecule has 3 N–H and O–H groups in total. The van der Waals surface area contributed by atoms with Crippen molar-refractivity contribution >= 4 is 17.4 Å². The summed E-state index contributed by atoms with van der Waals surface area (Å²) in [5, 5.41) is 9.56. The van der Waals surface area contributed by atoms with Crippen LogP contribution in [0.4, 0.5) is 5.82 Å². The van der Waals surface area contributed by atoms with Crippen LogP contribution in [0.3, 0.4) is 0 Å². The van der Waals surface area contributed by atoms with Crippen LogP contribution in [-0.4, -0.2) is 59.2 Å². The second kappa shape index (κ2) is 6.33. The highest BCUT2D eigenvalue weighted by Gasteiger charge is 2.17. The summed E-state index contributed by atoms with van der Waals surface area (Å²) in [6.45, 7) is 5.59. The molecule has 1 aromatic heterocycles. The molecule has 1 aliphatic rings. The molecule has 0 saturated carbocycles. The van der Waals surface area contributed by atoms with E-state index in [1.54, 1.807) is 12.1 Å². The predicted octanol–water partition coefficient (Wildman–Crippen LogP) is 0.427. The van der Waals surface area contributed by atoms with Gasteiger partial charge in [-0.1, -0.05) is 11.6 Å². The van der Waals surface area contributed by atoms with Gasteiger partial charge in [-0.05, 0) is 12.1 Å². The zero-order valence-electron chi connectivity index (χ0n) is 10.3. The predicted molar refractivity (Wildman–Crippen MR) is 72.5 cm³/mol. The Kier molecular flexibility index (Phi) is 4.77. The van der Waals surface area contributed by atoms with Crippen LogP contribution in [0.2, 0.25) is 5.02 Å². The SMILES string of the molecule is Nc1ccc(Cl)c(CN2CCN(CCO)CC2)n1. The Morgan fingerprint density at radius 2 is 1.89 bits per heavy atom. The molecule has 100 valence electrons. The number of piperazine rings is 1. The van der Waals surface area contributed by atoms with Crippen molar-refractivity contribution in [3.63, 3.8) is 0 Å². The standard InChI is InChI=1S/C12H19ClN4O/c13-10-1-2-12(14)15-11(10)9-17-5-3-16(4-6-17)7-8-18/h1-2,18H,3-9H2,(H2,14,15). The number of aliphatic hydroxyl groups is 1. The van der Waals surface area contributed by atoms with Crippen molar-refractivity contribution in [3.05, 3.63) is 22.8 Å². The molecule has 0 amide bonds. The first-order chi connectivity index (χ1) is 8.69. The average Bonchev–Trinajstić information content (AvgIpc) is 2.37. The topological polar surface area (TPSA) is 65.6 Å². The summed E-state index contributed by atoms with van der Waals surface area (Å²) in [5.74, 6) is 0.508. The molecular formula is C12H19ClN4O. The summed E-state index contributed by atoms with van der Waals surface area (Å²) in [6, 6.07) is 3.51. The molecule has 1 saturated heterocycles. The van der Waals surface area contributed by atoms with Crippen LogP contribution in [0.5, 0.6) is 0 Å². The van der Waals surface area contributed by atoms with Gasteiger partial charge in [0.2, 0.25) is 0 Å². The molecule has 0 unspecified atom stereocenters. The largest absolute Gasteiger partial charge is 0.395 e. The fourth-order valence-corrected chi connectivity index (χ4v) is 2.30. The van der Waals surface area contributed by atoms with Gasteiger partial charge in [0.05, 0.1) is 17.3 Å². The third kappa shape index (κ3) is 3.55.